The highest BCUT2D eigenvalue weighted by Crippen LogP contribution is 2.19. The minimum Gasteiger partial charge on any atom is -0.385 e. The summed E-state index contributed by atoms with van der Waals surface area (Å²) in [5, 5.41) is 8.60. The number of methoxy groups -OCH3 is 1. The average molecular weight is 141 g/mol. The van der Waals surface area contributed by atoms with Crippen LogP contribution >= 0.6 is 0 Å². The van der Waals surface area contributed by atoms with Crippen LogP contribution in [-0.2, 0) is 4.74 Å². The summed E-state index contributed by atoms with van der Waals surface area (Å²) in [6, 6.07) is 2.24. The van der Waals surface area contributed by atoms with Crippen LogP contribution in [0.5, 0.6) is 0 Å². The second kappa shape index (κ2) is 4.29. The topological polar surface area (TPSA) is 33.0 Å². The fourth-order valence-electron chi connectivity index (χ4n) is 0.714. The van der Waals surface area contributed by atoms with Crippen molar-refractivity contribution in [2.45, 2.75) is 26.7 Å². The molecule has 0 radical (unpaired) electrons. The Bertz CT molecular complexity index is 124. The molecule has 0 fully saturated rings. The van der Waals surface area contributed by atoms with Crippen molar-refractivity contribution in [1.82, 2.24) is 0 Å². The van der Waals surface area contributed by atoms with Gasteiger partial charge in [-0.25, -0.2) is 0 Å². The molecule has 0 aliphatic heterocycles. The van der Waals surface area contributed by atoms with Gasteiger partial charge in [-0.05, 0) is 26.7 Å². The van der Waals surface area contributed by atoms with Gasteiger partial charge in [-0.15, -0.1) is 0 Å². The van der Waals surface area contributed by atoms with Gasteiger partial charge in [0.2, 0.25) is 0 Å². The van der Waals surface area contributed by atoms with E-state index in [2.05, 4.69) is 6.07 Å². The first kappa shape index (κ1) is 9.45. The van der Waals surface area contributed by atoms with E-state index in [0.717, 1.165) is 19.4 Å². The molecule has 0 N–H and O–H groups in total. The molecular formula is C8H15NO. The number of nitrogens with zero attached hydrogens (tertiary/aromatic N) is 1. The Kier molecular flexibility index (Phi) is 4.06. The molecule has 0 aromatic carbocycles. The Morgan fingerprint density at radius 1 is 1.50 bits per heavy atom. The molecule has 0 heterocycles. The standard InChI is InChI=1S/C8H15NO/c1-8(2,7-9)5-4-6-10-3/h4-6H2,1-3H3. The molecule has 0 aliphatic rings. The van der Waals surface area contributed by atoms with Crippen LogP contribution < -0.4 is 0 Å². The van der Waals surface area contributed by atoms with Gasteiger partial charge in [0.05, 0.1) is 11.5 Å². The lowest BCUT2D eigenvalue weighted by atomic mass is 9.90. The van der Waals surface area contributed by atoms with Crippen molar-refractivity contribution in [3.63, 3.8) is 0 Å². The van der Waals surface area contributed by atoms with Gasteiger partial charge in [0.1, 0.15) is 0 Å². The minimum atomic E-state index is -0.182. The van der Waals surface area contributed by atoms with E-state index in [-0.39, 0.29) is 5.41 Å². The van der Waals surface area contributed by atoms with Crippen LogP contribution in [-0.4, -0.2) is 13.7 Å². The third-order valence-corrected chi connectivity index (χ3v) is 1.45. The zero-order valence-electron chi connectivity index (χ0n) is 6.98. The Morgan fingerprint density at radius 2 is 2.10 bits per heavy atom. The number of hydrogen-bond acceptors (Lipinski definition) is 2. The average Bonchev–Trinajstić information content (AvgIpc) is 1.89. The fourth-order valence-corrected chi connectivity index (χ4v) is 0.714. The molecule has 0 rings (SSSR count). The van der Waals surface area contributed by atoms with Crippen LogP contribution in [0.25, 0.3) is 0 Å². The molecule has 0 atom stereocenters. The maximum absolute atomic E-state index is 8.60. The first-order chi connectivity index (χ1) is 4.62. The van der Waals surface area contributed by atoms with Crippen LogP contribution in [0.2, 0.25) is 0 Å². The molecule has 10 heavy (non-hydrogen) atoms. The van der Waals surface area contributed by atoms with Crippen molar-refractivity contribution in [2.24, 2.45) is 5.41 Å². The van der Waals surface area contributed by atoms with Crippen LogP contribution in [0.1, 0.15) is 26.7 Å². The molecule has 0 aliphatic carbocycles. The van der Waals surface area contributed by atoms with Crippen LogP contribution in [0.15, 0.2) is 0 Å². The maximum atomic E-state index is 8.60. The van der Waals surface area contributed by atoms with Gasteiger partial charge < -0.3 is 4.74 Å². The maximum Gasteiger partial charge on any atom is 0.0683 e. The molecule has 2 heteroatoms. The van der Waals surface area contributed by atoms with E-state index in [4.69, 9.17) is 10.00 Å². The monoisotopic (exact) mass is 141 g/mol. The molecule has 0 bridgehead atoms. The van der Waals surface area contributed by atoms with E-state index in [1.165, 1.54) is 0 Å². The van der Waals surface area contributed by atoms with Gasteiger partial charge in [-0.2, -0.15) is 5.26 Å². The Labute approximate surface area is 62.8 Å². The second-order valence-electron chi connectivity index (χ2n) is 3.09. The Hall–Kier alpha value is -0.550. The summed E-state index contributed by atoms with van der Waals surface area (Å²) in [5.41, 5.74) is -0.182. The molecule has 0 spiro atoms. The molecule has 2 nitrogen and oxygen atoms in total. The molecule has 0 aromatic heterocycles. The Balaban J connectivity index is 3.40. The van der Waals surface area contributed by atoms with Gasteiger partial charge in [0.25, 0.3) is 0 Å². The molecule has 0 saturated carbocycles. The van der Waals surface area contributed by atoms with Gasteiger partial charge in [0, 0.05) is 13.7 Å². The quantitative estimate of drug-likeness (QED) is 0.561. The van der Waals surface area contributed by atoms with E-state index in [9.17, 15) is 0 Å². The second-order valence-corrected chi connectivity index (χ2v) is 3.09. The van der Waals surface area contributed by atoms with Crippen molar-refractivity contribution in [3.8, 4) is 6.07 Å². The molecule has 0 unspecified atom stereocenters. The summed E-state index contributed by atoms with van der Waals surface area (Å²) in [6.07, 6.45) is 1.88. The number of hydrogen-bond donors (Lipinski definition) is 0. The first-order valence-corrected chi connectivity index (χ1v) is 3.52. The van der Waals surface area contributed by atoms with Gasteiger partial charge in [0.15, 0.2) is 0 Å². The van der Waals surface area contributed by atoms with Gasteiger partial charge in [-0.1, -0.05) is 0 Å². The van der Waals surface area contributed by atoms with Crippen LogP contribution in [0.4, 0.5) is 0 Å². The van der Waals surface area contributed by atoms with E-state index in [0.29, 0.717) is 0 Å². The smallest absolute Gasteiger partial charge is 0.0683 e. The van der Waals surface area contributed by atoms with E-state index in [1.54, 1.807) is 7.11 Å². The lowest BCUT2D eigenvalue weighted by molar-refractivity contribution is 0.184. The lowest BCUT2D eigenvalue weighted by Crippen LogP contribution is -2.08. The Morgan fingerprint density at radius 3 is 2.50 bits per heavy atom. The van der Waals surface area contributed by atoms with Gasteiger partial charge >= 0.3 is 0 Å². The summed E-state index contributed by atoms with van der Waals surface area (Å²) in [6.45, 7) is 4.65. The lowest BCUT2D eigenvalue weighted by Gasteiger charge is -2.13. The summed E-state index contributed by atoms with van der Waals surface area (Å²) in [4.78, 5) is 0. The zero-order valence-corrected chi connectivity index (χ0v) is 6.98. The molecule has 58 valence electrons. The third-order valence-electron chi connectivity index (χ3n) is 1.45. The van der Waals surface area contributed by atoms with E-state index >= 15 is 0 Å². The highest BCUT2D eigenvalue weighted by molar-refractivity contribution is 4.91. The molecular weight excluding hydrogens is 126 g/mol. The van der Waals surface area contributed by atoms with Crippen molar-refractivity contribution in [3.05, 3.63) is 0 Å². The summed E-state index contributed by atoms with van der Waals surface area (Å²) >= 11 is 0. The van der Waals surface area contributed by atoms with Crippen LogP contribution in [0.3, 0.4) is 0 Å². The van der Waals surface area contributed by atoms with Crippen LogP contribution in [0, 0.1) is 16.7 Å². The molecule has 0 amide bonds. The number of ether oxygens (including phenoxy) is 1. The zero-order chi connectivity index (χ0) is 8.04. The summed E-state index contributed by atoms with van der Waals surface area (Å²) < 4.78 is 4.87. The van der Waals surface area contributed by atoms with Crippen molar-refractivity contribution in [1.29, 1.82) is 5.26 Å². The highest BCUT2D eigenvalue weighted by Gasteiger charge is 2.14. The predicted octanol–water partition coefficient (Wildman–Crippen LogP) is 1.96. The molecule has 0 aromatic rings. The number of nitriles is 1. The SMILES string of the molecule is COCCCC(C)(C)C#N. The number of rotatable bonds is 4. The van der Waals surface area contributed by atoms with E-state index < -0.39 is 0 Å². The normalized spacial score (nSPS) is 11.0. The van der Waals surface area contributed by atoms with Crippen molar-refractivity contribution < 1.29 is 4.74 Å². The first-order valence-electron chi connectivity index (χ1n) is 3.52. The van der Waals surface area contributed by atoms with Crippen molar-refractivity contribution in [2.75, 3.05) is 13.7 Å². The molecule has 0 saturated heterocycles. The third kappa shape index (κ3) is 4.34. The van der Waals surface area contributed by atoms with E-state index in [1.807, 2.05) is 13.8 Å². The largest absolute Gasteiger partial charge is 0.385 e. The fraction of sp³-hybridized carbons (Fsp3) is 0.875. The minimum absolute atomic E-state index is 0.182. The highest BCUT2D eigenvalue weighted by atomic mass is 16.5. The van der Waals surface area contributed by atoms with Gasteiger partial charge in [-0.3, -0.25) is 0 Å². The summed E-state index contributed by atoms with van der Waals surface area (Å²) in [7, 11) is 1.68. The predicted molar refractivity (Wildman–Crippen MR) is 40.5 cm³/mol. The summed E-state index contributed by atoms with van der Waals surface area (Å²) in [5.74, 6) is 0. The van der Waals surface area contributed by atoms with Crippen molar-refractivity contribution >= 4 is 0 Å².